The van der Waals surface area contributed by atoms with E-state index in [-0.39, 0.29) is 5.82 Å². The van der Waals surface area contributed by atoms with Gasteiger partial charge in [-0.2, -0.15) is 0 Å². The highest BCUT2D eigenvalue weighted by Gasteiger charge is 2.04. The zero-order valence-corrected chi connectivity index (χ0v) is 7.48. The third kappa shape index (κ3) is 1.33. The van der Waals surface area contributed by atoms with E-state index in [1.807, 2.05) is 0 Å². The Hall–Kier alpha value is -1.28. The maximum absolute atomic E-state index is 13.3. The average Bonchev–Trinajstić information content (AvgIpc) is 2.07. The fourth-order valence-corrected chi connectivity index (χ4v) is 1.55. The predicted octanol–water partition coefficient (Wildman–Crippen LogP) is 3.21. The van der Waals surface area contributed by atoms with E-state index in [0.717, 1.165) is 0 Å². The van der Waals surface area contributed by atoms with Crippen molar-refractivity contribution < 1.29 is 4.39 Å². The summed E-state index contributed by atoms with van der Waals surface area (Å²) in [5.74, 6) is -0.336. The Morgan fingerprint density at radius 3 is 2.69 bits per heavy atom. The number of benzene rings is 2. The lowest BCUT2D eigenvalue weighted by Gasteiger charge is -2.02. The van der Waals surface area contributed by atoms with Crippen molar-refractivity contribution in [1.29, 1.82) is 0 Å². The van der Waals surface area contributed by atoms with Crippen molar-refractivity contribution in [1.82, 2.24) is 0 Å². The van der Waals surface area contributed by atoms with Crippen LogP contribution in [0.4, 0.5) is 10.1 Å². The molecule has 0 aliphatic carbocycles. The molecule has 0 heterocycles. The summed E-state index contributed by atoms with van der Waals surface area (Å²) in [6.07, 6.45) is 0. The van der Waals surface area contributed by atoms with E-state index in [1.165, 1.54) is 6.07 Å². The number of halogens is 2. The summed E-state index contributed by atoms with van der Waals surface area (Å²) in [6, 6.07) is 8.06. The minimum absolute atomic E-state index is 0.336. The monoisotopic (exact) mass is 195 g/mol. The summed E-state index contributed by atoms with van der Waals surface area (Å²) in [5, 5.41) is 1.67. The standard InChI is InChI=1S/C10H7ClFN/c11-9-3-1-2-7-8(9)4-6(13)5-10(7)12/h1-5H,13H2. The van der Waals surface area contributed by atoms with Gasteiger partial charge in [0, 0.05) is 21.5 Å². The Bertz CT molecular complexity index is 468. The van der Waals surface area contributed by atoms with Crippen LogP contribution in [0.15, 0.2) is 30.3 Å². The minimum Gasteiger partial charge on any atom is -0.399 e. The van der Waals surface area contributed by atoms with Gasteiger partial charge in [-0.15, -0.1) is 0 Å². The van der Waals surface area contributed by atoms with Crippen LogP contribution in [0.3, 0.4) is 0 Å². The molecule has 3 heteroatoms. The lowest BCUT2D eigenvalue weighted by Crippen LogP contribution is -1.88. The molecule has 0 saturated carbocycles. The van der Waals surface area contributed by atoms with Crippen molar-refractivity contribution >= 4 is 28.1 Å². The van der Waals surface area contributed by atoms with Gasteiger partial charge in [-0.25, -0.2) is 4.39 Å². The largest absolute Gasteiger partial charge is 0.399 e. The third-order valence-electron chi connectivity index (χ3n) is 1.91. The molecule has 2 N–H and O–H groups in total. The van der Waals surface area contributed by atoms with E-state index in [2.05, 4.69) is 0 Å². The van der Waals surface area contributed by atoms with Crippen LogP contribution in [0.5, 0.6) is 0 Å². The molecule has 0 amide bonds. The highest BCUT2D eigenvalue weighted by atomic mass is 35.5. The van der Waals surface area contributed by atoms with Gasteiger partial charge >= 0.3 is 0 Å². The number of nitrogen functional groups attached to an aromatic ring is 1. The summed E-state index contributed by atoms with van der Waals surface area (Å²) in [5.41, 5.74) is 5.88. The lowest BCUT2D eigenvalue weighted by molar-refractivity contribution is 0.640. The van der Waals surface area contributed by atoms with Crippen LogP contribution in [0, 0.1) is 5.82 Å². The van der Waals surface area contributed by atoms with Crippen LogP contribution in [0.25, 0.3) is 10.8 Å². The van der Waals surface area contributed by atoms with E-state index in [0.29, 0.717) is 21.5 Å². The molecular formula is C10H7ClFN. The predicted molar refractivity (Wildman–Crippen MR) is 53.3 cm³/mol. The molecule has 0 aliphatic heterocycles. The molecule has 0 atom stereocenters. The van der Waals surface area contributed by atoms with Crippen molar-refractivity contribution in [3.63, 3.8) is 0 Å². The van der Waals surface area contributed by atoms with Gasteiger partial charge in [-0.05, 0) is 18.2 Å². The van der Waals surface area contributed by atoms with Gasteiger partial charge < -0.3 is 5.73 Å². The average molecular weight is 196 g/mol. The number of rotatable bonds is 0. The molecule has 2 rings (SSSR count). The number of anilines is 1. The number of fused-ring (bicyclic) bond motifs is 1. The first-order valence-electron chi connectivity index (χ1n) is 3.82. The van der Waals surface area contributed by atoms with Crippen LogP contribution >= 0.6 is 11.6 Å². The van der Waals surface area contributed by atoms with Gasteiger partial charge in [0.2, 0.25) is 0 Å². The first kappa shape index (κ1) is 8.32. The second-order valence-corrected chi connectivity index (χ2v) is 3.24. The molecule has 1 nitrogen and oxygen atoms in total. The second kappa shape index (κ2) is 2.89. The first-order valence-corrected chi connectivity index (χ1v) is 4.19. The normalized spacial score (nSPS) is 10.6. The van der Waals surface area contributed by atoms with Crippen molar-refractivity contribution in [3.8, 4) is 0 Å². The molecule has 2 aromatic carbocycles. The number of hydrogen-bond acceptors (Lipinski definition) is 1. The van der Waals surface area contributed by atoms with E-state index < -0.39 is 0 Å². The highest BCUT2D eigenvalue weighted by molar-refractivity contribution is 6.35. The van der Waals surface area contributed by atoms with Crippen LogP contribution in [-0.4, -0.2) is 0 Å². The van der Waals surface area contributed by atoms with Gasteiger partial charge in [0.25, 0.3) is 0 Å². The quantitative estimate of drug-likeness (QED) is 0.642. The summed E-state index contributed by atoms with van der Waals surface area (Å²) in [4.78, 5) is 0. The first-order chi connectivity index (χ1) is 6.18. The summed E-state index contributed by atoms with van der Waals surface area (Å²) in [6.45, 7) is 0. The Kier molecular flexibility index (Phi) is 1.85. The molecular weight excluding hydrogens is 189 g/mol. The van der Waals surface area contributed by atoms with Crippen LogP contribution in [0.1, 0.15) is 0 Å². The van der Waals surface area contributed by atoms with Crippen molar-refractivity contribution in [2.24, 2.45) is 0 Å². The van der Waals surface area contributed by atoms with Gasteiger partial charge in [0.05, 0.1) is 0 Å². The lowest BCUT2D eigenvalue weighted by atomic mass is 10.1. The van der Waals surface area contributed by atoms with Gasteiger partial charge in [-0.3, -0.25) is 0 Å². The third-order valence-corrected chi connectivity index (χ3v) is 2.24. The van der Waals surface area contributed by atoms with E-state index in [9.17, 15) is 4.39 Å². The molecule has 0 spiro atoms. The minimum atomic E-state index is -0.336. The molecule has 2 aromatic rings. The van der Waals surface area contributed by atoms with Crippen LogP contribution in [0.2, 0.25) is 5.02 Å². The van der Waals surface area contributed by atoms with Crippen molar-refractivity contribution in [2.75, 3.05) is 5.73 Å². The summed E-state index contributed by atoms with van der Waals surface area (Å²) < 4.78 is 13.3. The van der Waals surface area contributed by atoms with E-state index >= 15 is 0 Å². The molecule has 0 aromatic heterocycles. The molecule has 0 bridgehead atoms. The fourth-order valence-electron chi connectivity index (χ4n) is 1.32. The highest BCUT2D eigenvalue weighted by Crippen LogP contribution is 2.27. The molecule has 0 radical (unpaired) electrons. The smallest absolute Gasteiger partial charge is 0.133 e. The molecule has 0 saturated heterocycles. The molecule has 0 unspecified atom stereocenters. The van der Waals surface area contributed by atoms with Crippen LogP contribution < -0.4 is 5.73 Å². The van der Waals surface area contributed by atoms with Gasteiger partial charge in [0.1, 0.15) is 5.82 Å². The topological polar surface area (TPSA) is 26.0 Å². The van der Waals surface area contributed by atoms with E-state index in [1.54, 1.807) is 24.3 Å². The Morgan fingerprint density at radius 2 is 1.92 bits per heavy atom. The SMILES string of the molecule is Nc1cc(F)c2cccc(Cl)c2c1. The van der Waals surface area contributed by atoms with Crippen molar-refractivity contribution in [2.45, 2.75) is 0 Å². The fraction of sp³-hybridized carbons (Fsp3) is 0. The molecule has 13 heavy (non-hydrogen) atoms. The molecule has 66 valence electrons. The van der Waals surface area contributed by atoms with E-state index in [4.69, 9.17) is 17.3 Å². The number of hydrogen-bond donors (Lipinski definition) is 1. The Balaban J connectivity index is 2.94. The van der Waals surface area contributed by atoms with Gasteiger partial charge in [0.15, 0.2) is 0 Å². The van der Waals surface area contributed by atoms with Crippen molar-refractivity contribution in [3.05, 3.63) is 41.2 Å². The number of nitrogens with two attached hydrogens (primary N) is 1. The second-order valence-electron chi connectivity index (χ2n) is 2.84. The van der Waals surface area contributed by atoms with Gasteiger partial charge in [-0.1, -0.05) is 23.7 Å². The maximum atomic E-state index is 13.3. The Morgan fingerprint density at radius 1 is 1.15 bits per heavy atom. The molecule has 0 fully saturated rings. The maximum Gasteiger partial charge on any atom is 0.133 e. The zero-order chi connectivity index (χ0) is 9.42. The van der Waals surface area contributed by atoms with Crippen LogP contribution in [-0.2, 0) is 0 Å². The molecule has 0 aliphatic rings. The Labute approximate surface area is 79.9 Å². The zero-order valence-electron chi connectivity index (χ0n) is 6.72. The summed E-state index contributed by atoms with van der Waals surface area (Å²) >= 11 is 5.88. The summed E-state index contributed by atoms with van der Waals surface area (Å²) in [7, 11) is 0.